The predicted octanol–water partition coefficient (Wildman–Crippen LogP) is 5.43. The molecule has 2 aromatic rings. The van der Waals surface area contributed by atoms with Crippen molar-refractivity contribution in [3.8, 4) is 28.7 Å². The molecule has 0 amide bonds. The first-order valence-corrected chi connectivity index (χ1v) is 10.2. The van der Waals surface area contributed by atoms with Crippen molar-refractivity contribution in [2.24, 2.45) is 0 Å². The number of aryl methyl sites for hydroxylation is 1. The van der Waals surface area contributed by atoms with Gasteiger partial charge in [0.2, 0.25) is 0 Å². The minimum atomic E-state index is -1.15. The lowest BCUT2D eigenvalue weighted by molar-refractivity contribution is -0.130. The average molecular weight is 407 g/mol. The Morgan fingerprint density at radius 1 is 1.03 bits per heavy atom. The van der Waals surface area contributed by atoms with Gasteiger partial charge in [-0.25, -0.2) is 4.79 Å². The normalized spacial score (nSPS) is 16.2. The van der Waals surface area contributed by atoms with Gasteiger partial charge in [-0.2, -0.15) is 0 Å². The van der Waals surface area contributed by atoms with Crippen LogP contribution in [-0.2, 0) is 20.4 Å². The van der Waals surface area contributed by atoms with E-state index >= 15 is 0 Å². The highest BCUT2D eigenvalue weighted by Crippen LogP contribution is 2.48. The summed E-state index contributed by atoms with van der Waals surface area (Å²) in [5.74, 6) is 4.45. The Hall–Kier alpha value is -2.77. The van der Waals surface area contributed by atoms with E-state index in [1.807, 2.05) is 12.1 Å². The zero-order valence-corrected chi connectivity index (χ0v) is 18.7. The maximum Gasteiger partial charge on any atom is 0.382 e. The molecule has 0 radical (unpaired) electrons. The number of fused-ring (bicyclic) bond motifs is 1. The van der Waals surface area contributed by atoms with E-state index in [0.717, 1.165) is 29.5 Å². The fraction of sp³-hybridized carbons (Fsp3) is 0.423. The third-order valence-electron chi connectivity index (χ3n) is 6.11. The van der Waals surface area contributed by atoms with Gasteiger partial charge in [0.25, 0.3) is 0 Å². The lowest BCUT2D eigenvalue weighted by Gasteiger charge is -2.42. The van der Waals surface area contributed by atoms with Crippen LogP contribution >= 0.6 is 0 Å². The van der Waals surface area contributed by atoms with Crippen molar-refractivity contribution < 1.29 is 19.4 Å². The van der Waals surface area contributed by atoms with E-state index < -0.39 is 5.97 Å². The smallest absolute Gasteiger partial charge is 0.382 e. The van der Waals surface area contributed by atoms with Crippen LogP contribution < -0.4 is 4.74 Å². The summed E-state index contributed by atoms with van der Waals surface area (Å²) in [4.78, 5) is 10.9. The second-order valence-corrected chi connectivity index (χ2v) is 9.30. The van der Waals surface area contributed by atoms with Crippen LogP contribution in [0.15, 0.2) is 30.3 Å². The summed E-state index contributed by atoms with van der Waals surface area (Å²) in [7, 11) is 1.58. The molecule has 0 heterocycles. The van der Waals surface area contributed by atoms with E-state index in [1.54, 1.807) is 13.2 Å². The van der Waals surface area contributed by atoms with E-state index in [-0.39, 0.29) is 17.6 Å². The molecule has 1 aliphatic rings. The highest BCUT2D eigenvalue weighted by Gasteiger charge is 2.37. The molecular formula is C26H30O4. The predicted molar refractivity (Wildman–Crippen MR) is 119 cm³/mol. The molecular weight excluding hydrogens is 376 g/mol. The van der Waals surface area contributed by atoms with Crippen molar-refractivity contribution >= 4 is 5.97 Å². The monoisotopic (exact) mass is 406 g/mol. The first-order valence-electron chi connectivity index (χ1n) is 10.2. The van der Waals surface area contributed by atoms with Gasteiger partial charge in [-0.15, -0.1) is 0 Å². The minimum absolute atomic E-state index is 0.0849. The van der Waals surface area contributed by atoms with Gasteiger partial charge in [-0.05, 0) is 77.1 Å². The Balaban J connectivity index is 2.22. The zero-order valence-electron chi connectivity index (χ0n) is 18.7. The molecule has 30 heavy (non-hydrogen) atoms. The van der Waals surface area contributed by atoms with Crippen LogP contribution in [0, 0.1) is 18.8 Å². The van der Waals surface area contributed by atoms with Crippen molar-refractivity contribution in [2.75, 3.05) is 13.9 Å². The van der Waals surface area contributed by atoms with Crippen molar-refractivity contribution in [3.05, 3.63) is 52.6 Å². The third-order valence-corrected chi connectivity index (χ3v) is 6.11. The van der Waals surface area contributed by atoms with Gasteiger partial charge in [0.1, 0.15) is 5.75 Å². The Labute approximate surface area is 179 Å². The number of rotatable bonds is 4. The number of hydrogen-bond donors (Lipinski definition) is 1. The second kappa shape index (κ2) is 8.16. The van der Waals surface area contributed by atoms with Gasteiger partial charge in [0.05, 0.1) is 0 Å². The first-order chi connectivity index (χ1) is 14.0. The first kappa shape index (κ1) is 21.9. The molecule has 0 unspecified atom stereocenters. The van der Waals surface area contributed by atoms with Crippen molar-refractivity contribution in [3.63, 3.8) is 0 Å². The van der Waals surface area contributed by atoms with E-state index in [4.69, 9.17) is 14.6 Å². The highest BCUT2D eigenvalue weighted by molar-refractivity contribution is 5.87. The fourth-order valence-corrected chi connectivity index (χ4v) is 4.20. The van der Waals surface area contributed by atoms with Crippen LogP contribution in [0.2, 0.25) is 0 Å². The third kappa shape index (κ3) is 4.37. The van der Waals surface area contributed by atoms with E-state index in [2.05, 4.69) is 58.6 Å². The molecule has 1 aliphatic carbocycles. The lowest BCUT2D eigenvalue weighted by Crippen LogP contribution is -2.34. The second-order valence-electron chi connectivity index (χ2n) is 9.30. The fourth-order valence-electron chi connectivity index (χ4n) is 4.20. The Kier molecular flexibility index (Phi) is 5.97. The molecule has 4 heteroatoms. The molecule has 1 N–H and O–H groups in total. The summed E-state index contributed by atoms with van der Waals surface area (Å²) in [5.41, 5.74) is 6.74. The molecule has 0 atom stereocenters. The quantitative estimate of drug-likeness (QED) is 0.543. The number of benzene rings is 2. The van der Waals surface area contributed by atoms with Gasteiger partial charge in [0, 0.05) is 24.2 Å². The van der Waals surface area contributed by atoms with Crippen LogP contribution in [0.5, 0.6) is 5.75 Å². The Morgan fingerprint density at radius 2 is 1.67 bits per heavy atom. The molecule has 4 nitrogen and oxygen atoms in total. The van der Waals surface area contributed by atoms with Crippen LogP contribution in [0.3, 0.4) is 0 Å². The molecule has 0 aromatic heterocycles. The van der Waals surface area contributed by atoms with E-state index in [1.165, 1.54) is 11.1 Å². The molecule has 3 rings (SSSR count). The van der Waals surface area contributed by atoms with Crippen LogP contribution in [0.1, 0.15) is 62.8 Å². The van der Waals surface area contributed by atoms with Crippen molar-refractivity contribution in [2.45, 2.75) is 58.3 Å². The minimum Gasteiger partial charge on any atom is -0.472 e. The number of carboxylic acid groups (broad SMARTS) is 1. The van der Waals surface area contributed by atoms with Crippen LogP contribution in [0.4, 0.5) is 0 Å². The topological polar surface area (TPSA) is 55.8 Å². The molecule has 0 fully saturated rings. The van der Waals surface area contributed by atoms with Crippen molar-refractivity contribution in [1.82, 2.24) is 0 Å². The zero-order chi connectivity index (χ0) is 22.1. The van der Waals surface area contributed by atoms with Gasteiger partial charge < -0.3 is 14.6 Å². The molecule has 0 saturated heterocycles. The van der Waals surface area contributed by atoms with Gasteiger partial charge >= 0.3 is 5.97 Å². The van der Waals surface area contributed by atoms with E-state index in [9.17, 15) is 4.79 Å². The summed E-state index contributed by atoms with van der Waals surface area (Å²) in [6.45, 7) is 11.5. The number of carbonyl (C=O) groups is 1. The van der Waals surface area contributed by atoms with Gasteiger partial charge in [-0.1, -0.05) is 39.7 Å². The van der Waals surface area contributed by atoms with Gasteiger partial charge in [-0.3, -0.25) is 0 Å². The van der Waals surface area contributed by atoms with Gasteiger partial charge in [0.15, 0.2) is 6.79 Å². The molecule has 0 bridgehead atoms. The number of hydrogen-bond acceptors (Lipinski definition) is 3. The summed E-state index contributed by atoms with van der Waals surface area (Å²) < 4.78 is 10.9. The maximum atomic E-state index is 10.9. The average Bonchev–Trinajstić information content (AvgIpc) is 2.68. The summed E-state index contributed by atoms with van der Waals surface area (Å²) in [5, 5.41) is 8.90. The summed E-state index contributed by atoms with van der Waals surface area (Å²) in [6.07, 6.45) is 2.29. The lowest BCUT2D eigenvalue weighted by atomic mass is 9.62. The molecule has 2 aromatic carbocycles. The largest absolute Gasteiger partial charge is 0.472 e. The van der Waals surface area contributed by atoms with Crippen molar-refractivity contribution in [1.29, 1.82) is 0 Å². The summed E-state index contributed by atoms with van der Waals surface area (Å²) >= 11 is 0. The maximum absolute atomic E-state index is 10.9. The van der Waals surface area contributed by atoms with Crippen LogP contribution in [-0.4, -0.2) is 25.0 Å². The number of carboxylic acids is 1. The Morgan fingerprint density at radius 3 is 2.27 bits per heavy atom. The SMILES string of the molecule is COCOc1ccc(C#CC(=O)O)cc1-c1cc2c(cc1C)C(C)(C)CCC2(C)C. The Bertz CT molecular complexity index is 1030. The van der Waals surface area contributed by atoms with E-state index in [0.29, 0.717) is 11.3 Å². The molecule has 0 saturated carbocycles. The number of aliphatic carboxylic acids is 1. The molecule has 0 spiro atoms. The number of ether oxygens (including phenoxy) is 2. The standard InChI is InChI=1S/C26H30O4/c1-17-13-21-22(26(4,5)12-11-25(21,2)3)15-19(17)20-14-18(8-10-24(27)28)7-9-23(20)30-16-29-6/h7,9,13-15H,11-12,16H2,1-6H3,(H,27,28). The van der Waals surface area contributed by atoms with Crippen LogP contribution in [0.25, 0.3) is 11.1 Å². The molecule has 0 aliphatic heterocycles. The summed E-state index contributed by atoms with van der Waals surface area (Å²) in [6, 6.07) is 10.1. The number of methoxy groups -OCH3 is 1. The molecule has 158 valence electrons. The highest BCUT2D eigenvalue weighted by atomic mass is 16.7.